The van der Waals surface area contributed by atoms with E-state index in [9.17, 15) is 0 Å². The van der Waals surface area contributed by atoms with Crippen molar-refractivity contribution in [3.63, 3.8) is 0 Å². The fourth-order valence-corrected chi connectivity index (χ4v) is 0.848. The molecule has 0 aliphatic carbocycles. The van der Waals surface area contributed by atoms with Gasteiger partial charge >= 0.3 is 0 Å². The summed E-state index contributed by atoms with van der Waals surface area (Å²) in [6, 6.07) is 0. The van der Waals surface area contributed by atoms with Crippen LogP contribution in [0.3, 0.4) is 0 Å². The normalized spacial score (nSPS) is 23.3. The third-order valence-corrected chi connectivity index (χ3v) is 1.53. The van der Waals surface area contributed by atoms with Gasteiger partial charge in [0, 0.05) is 39.0 Å². The Morgan fingerprint density at radius 1 is 1.67 bits per heavy atom. The lowest BCUT2D eigenvalue weighted by atomic mass is 10.2. The first-order valence-electron chi connectivity index (χ1n) is 3.17. The summed E-state index contributed by atoms with van der Waals surface area (Å²) in [6.07, 6.45) is 5.21. The van der Waals surface area contributed by atoms with Gasteiger partial charge in [0.2, 0.25) is 0 Å². The largest absolute Gasteiger partial charge is 0.380 e. The van der Waals surface area contributed by atoms with Crippen molar-refractivity contribution in [3.8, 4) is 0 Å². The molecule has 0 unspecified atom stereocenters. The minimum Gasteiger partial charge on any atom is -0.380 e. The third kappa shape index (κ3) is 1.56. The van der Waals surface area contributed by atoms with E-state index >= 15 is 0 Å². The van der Waals surface area contributed by atoms with Gasteiger partial charge in [0.25, 0.3) is 0 Å². The van der Waals surface area contributed by atoms with Crippen LogP contribution in [0.25, 0.3) is 0 Å². The van der Waals surface area contributed by atoms with E-state index in [1.54, 1.807) is 0 Å². The average Bonchev–Trinajstić information content (AvgIpc) is 1.90. The van der Waals surface area contributed by atoms with E-state index in [0.29, 0.717) is 0 Å². The molecule has 0 aromatic heterocycles. The van der Waals surface area contributed by atoms with Gasteiger partial charge in [0.05, 0.1) is 0 Å². The molecular formula is C7H12N2. The molecule has 0 amide bonds. The zero-order valence-corrected chi connectivity index (χ0v) is 5.96. The molecule has 0 saturated carbocycles. The Morgan fingerprint density at radius 2 is 2.44 bits per heavy atom. The van der Waals surface area contributed by atoms with Crippen molar-refractivity contribution in [2.45, 2.75) is 6.42 Å². The van der Waals surface area contributed by atoms with Crippen LogP contribution in [0.2, 0.25) is 0 Å². The standard InChI is InChI=1S/C7H12N2/c1-8-7-3-5-9(2)6-4-7/h3,5H,4,6H2,1-2H3. The summed E-state index contributed by atoms with van der Waals surface area (Å²) in [7, 11) is 3.91. The molecule has 0 aromatic carbocycles. The molecule has 1 aliphatic rings. The highest BCUT2D eigenvalue weighted by Crippen LogP contribution is 2.00. The van der Waals surface area contributed by atoms with E-state index in [1.807, 2.05) is 7.05 Å². The van der Waals surface area contributed by atoms with Crippen LogP contribution >= 0.6 is 0 Å². The van der Waals surface area contributed by atoms with Crippen LogP contribution in [0.4, 0.5) is 0 Å². The van der Waals surface area contributed by atoms with Crippen molar-refractivity contribution in [1.29, 1.82) is 0 Å². The molecule has 0 saturated heterocycles. The predicted octanol–water partition coefficient (Wildman–Crippen LogP) is 0.906. The predicted molar refractivity (Wildman–Crippen MR) is 39.7 cm³/mol. The first kappa shape index (κ1) is 6.33. The molecule has 50 valence electrons. The maximum atomic E-state index is 4.09. The highest BCUT2D eigenvalue weighted by molar-refractivity contribution is 5.95. The summed E-state index contributed by atoms with van der Waals surface area (Å²) >= 11 is 0. The Kier molecular flexibility index (Phi) is 1.88. The minimum atomic E-state index is 1.09. The van der Waals surface area contributed by atoms with E-state index in [4.69, 9.17) is 0 Å². The summed E-state index contributed by atoms with van der Waals surface area (Å²) in [6.45, 7) is 1.10. The number of hydrogen-bond donors (Lipinski definition) is 0. The quantitative estimate of drug-likeness (QED) is 0.468. The summed E-state index contributed by atoms with van der Waals surface area (Å²) < 4.78 is 0. The van der Waals surface area contributed by atoms with E-state index < -0.39 is 0 Å². The summed E-state index contributed by atoms with van der Waals surface area (Å²) in [5.41, 5.74) is 1.20. The van der Waals surface area contributed by atoms with Crippen LogP contribution in [0.5, 0.6) is 0 Å². The molecule has 1 heterocycles. The van der Waals surface area contributed by atoms with E-state index in [2.05, 4.69) is 29.2 Å². The van der Waals surface area contributed by atoms with Gasteiger partial charge in [-0.15, -0.1) is 0 Å². The zero-order chi connectivity index (χ0) is 6.69. The van der Waals surface area contributed by atoms with Crippen molar-refractivity contribution in [2.24, 2.45) is 4.99 Å². The second-order valence-corrected chi connectivity index (χ2v) is 2.26. The molecular weight excluding hydrogens is 112 g/mol. The molecule has 0 fully saturated rings. The third-order valence-electron chi connectivity index (χ3n) is 1.53. The van der Waals surface area contributed by atoms with Gasteiger partial charge in [-0.1, -0.05) is 0 Å². The van der Waals surface area contributed by atoms with Gasteiger partial charge in [-0.05, 0) is 6.08 Å². The van der Waals surface area contributed by atoms with E-state index in [0.717, 1.165) is 13.0 Å². The van der Waals surface area contributed by atoms with Crippen molar-refractivity contribution in [2.75, 3.05) is 20.6 Å². The van der Waals surface area contributed by atoms with Crippen LogP contribution in [0, 0.1) is 0 Å². The number of allylic oxidation sites excluding steroid dienone is 1. The molecule has 0 N–H and O–H groups in total. The Balaban J connectivity index is 2.58. The van der Waals surface area contributed by atoms with Crippen LogP contribution in [0.1, 0.15) is 6.42 Å². The van der Waals surface area contributed by atoms with Crippen molar-refractivity contribution in [3.05, 3.63) is 12.3 Å². The number of nitrogens with zero attached hydrogens (tertiary/aromatic N) is 2. The van der Waals surface area contributed by atoms with Gasteiger partial charge in [-0.3, -0.25) is 4.99 Å². The Labute approximate surface area is 55.9 Å². The van der Waals surface area contributed by atoms with Crippen molar-refractivity contribution in [1.82, 2.24) is 4.90 Å². The minimum absolute atomic E-state index is 1.09. The molecule has 1 aliphatic heterocycles. The summed E-state index contributed by atoms with van der Waals surface area (Å²) in [4.78, 5) is 6.25. The lowest BCUT2D eigenvalue weighted by molar-refractivity contribution is 0.463. The maximum absolute atomic E-state index is 4.09. The van der Waals surface area contributed by atoms with Crippen LogP contribution < -0.4 is 0 Å². The van der Waals surface area contributed by atoms with Crippen molar-refractivity contribution < 1.29 is 0 Å². The van der Waals surface area contributed by atoms with E-state index in [-0.39, 0.29) is 0 Å². The first-order valence-corrected chi connectivity index (χ1v) is 3.17. The summed E-state index contributed by atoms with van der Waals surface area (Å²) in [5.74, 6) is 0. The van der Waals surface area contributed by atoms with Gasteiger partial charge < -0.3 is 4.90 Å². The Bertz CT molecular complexity index is 147. The molecule has 0 radical (unpaired) electrons. The van der Waals surface area contributed by atoms with Gasteiger partial charge in [0.15, 0.2) is 0 Å². The number of rotatable bonds is 0. The van der Waals surface area contributed by atoms with Crippen LogP contribution in [-0.4, -0.2) is 31.3 Å². The van der Waals surface area contributed by atoms with Crippen molar-refractivity contribution >= 4 is 5.71 Å². The number of aliphatic imine (C=N–C) groups is 1. The highest BCUT2D eigenvalue weighted by Gasteiger charge is 2.01. The fraction of sp³-hybridized carbons (Fsp3) is 0.571. The fourth-order valence-electron chi connectivity index (χ4n) is 0.848. The number of hydrogen-bond acceptors (Lipinski definition) is 2. The smallest absolute Gasteiger partial charge is 0.0376 e. The molecule has 0 atom stereocenters. The molecule has 2 nitrogen and oxygen atoms in total. The second-order valence-electron chi connectivity index (χ2n) is 2.26. The van der Waals surface area contributed by atoms with Crippen LogP contribution in [0.15, 0.2) is 17.3 Å². The molecule has 9 heavy (non-hydrogen) atoms. The van der Waals surface area contributed by atoms with E-state index in [1.165, 1.54) is 5.71 Å². The lowest BCUT2D eigenvalue weighted by Crippen LogP contribution is -2.19. The molecule has 2 heteroatoms. The molecule has 0 spiro atoms. The Morgan fingerprint density at radius 3 is 2.89 bits per heavy atom. The average molecular weight is 124 g/mol. The molecule has 1 rings (SSSR count). The second kappa shape index (κ2) is 2.67. The highest BCUT2D eigenvalue weighted by atomic mass is 15.1. The summed E-state index contributed by atoms with van der Waals surface area (Å²) in [5, 5.41) is 0. The first-order chi connectivity index (χ1) is 4.33. The zero-order valence-electron chi connectivity index (χ0n) is 5.96. The monoisotopic (exact) mass is 124 g/mol. The Hall–Kier alpha value is -0.790. The molecule has 0 aromatic rings. The van der Waals surface area contributed by atoms with Gasteiger partial charge in [-0.2, -0.15) is 0 Å². The molecule has 0 bridgehead atoms. The topological polar surface area (TPSA) is 15.6 Å². The van der Waals surface area contributed by atoms with Gasteiger partial charge in [0.1, 0.15) is 0 Å². The lowest BCUT2D eigenvalue weighted by Gasteiger charge is -2.17. The van der Waals surface area contributed by atoms with Crippen LogP contribution in [-0.2, 0) is 0 Å². The SMILES string of the molecule is CN=C1C=CN(C)CC1. The van der Waals surface area contributed by atoms with Gasteiger partial charge in [-0.25, -0.2) is 0 Å². The maximum Gasteiger partial charge on any atom is 0.0376 e.